The number of nitrogens with zero attached hydrogens (tertiary/aromatic N) is 5. The Kier molecular flexibility index (Phi) is 6.96. The molecule has 2 aromatic rings. The molecule has 1 fully saturated rings. The van der Waals surface area contributed by atoms with Gasteiger partial charge in [-0.05, 0) is 25.1 Å². The molecule has 12 heteroatoms. The van der Waals surface area contributed by atoms with Crippen molar-refractivity contribution < 1.29 is 26.4 Å². The molecule has 1 aliphatic heterocycles. The highest BCUT2D eigenvalue weighted by molar-refractivity contribution is 7.86. The minimum absolute atomic E-state index is 0.172. The van der Waals surface area contributed by atoms with E-state index in [0.717, 1.165) is 12.1 Å². The highest BCUT2D eigenvalue weighted by Crippen LogP contribution is 2.30. The zero-order valence-electron chi connectivity index (χ0n) is 18.1. The van der Waals surface area contributed by atoms with E-state index in [2.05, 4.69) is 5.10 Å². The summed E-state index contributed by atoms with van der Waals surface area (Å²) in [6.45, 7) is 6.66. The van der Waals surface area contributed by atoms with Crippen LogP contribution in [0.15, 0.2) is 30.5 Å². The van der Waals surface area contributed by atoms with E-state index in [9.17, 15) is 26.4 Å². The number of aromatic nitrogens is 2. The lowest BCUT2D eigenvalue weighted by Crippen LogP contribution is -2.54. The van der Waals surface area contributed by atoms with E-state index >= 15 is 0 Å². The standard InChI is InChI=1S/C20H26F3N5O3S/c1-4-26(5-2)32(30,31)27-11-9-25(10-12-27)19(29)18-14-24-28(15(18)3)17-8-6-7-16(13-17)20(21,22)23/h6-8,13-14H,4-5,9-12H2,1-3H3. The van der Waals surface area contributed by atoms with Crippen LogP contribution in [0.1, 0.15) is 35.5 Å². The molecule has 1 amide bonds. The number of carbonyl (C=O) groups excluding carboxylic acids is 1. The average Bonchev–Trinajstić information content (AvgIpc) is 3.14. The lowest BCUT2D eigenvalue weighted by atomic mass is 10.2. The first-order valence-corrected chi connectivity index (χ1v) is 11.7. The van der Waals surface area contributed by atoms with E-state index in [4.69, 9.17) is 0 Å². The van der Waals surface area contributed by atoms with Crippen LogP contribution < -0.4 is 0 Å². The summed E-state index contributed by atoms with van der Waals surface area (Å²) in [4.78, 5) is 14.5. The van der Waals surface area contributed by atoms with Crippen molar-refractivity contribution in [2.75, 3.05) is 39.3 Å². The normalized spacial score (nSPS) is 16.0. The molecule has 0 spiro atoms. The van der Waals surface area contributed by atoms with Crippen LogP contribution in [0.3, 0.4) is 0 Å². The van der Waals surface area contributed by atoms with Crippen molar-refractivity contribution in [1.29, 1.82) is 0 Å². The van der Waals surface area contributed by atoms with Crippen molar-refractivity contribution in [2.24, 2.45) is 0 Å². The number of halogens is 3. The Labute approximate surface area is 185 Å². The Morgan fingerprint density at radius 1 is 1.12 bits per heavy atom. The fourth-order valence-electron chi connectivity index (χ4n) is 3.70. The maximum absolute atomic E-state index is 13.0. The summed E-state index contributed by atoms with van der Waals surface area (Å²) in [6, 6.07) is 4.72. The summed E-state index contributed by atoms with van der Waals surface area (Å²) in [5.74, 6) is -0.333. The van der Waals surface area contributed by atoms with Gasteiger partial charge < -0.3 is 4.90 Å². The van der Waals surface area contributed by atoms with Crippen LogP contribution in [-0.4, -0.2) is 76.9 Å². The fourth-order valence-corrected chi connectivity index (χ4v) is 5.30. The molecule has 3 rings (SSSR count). The van der Waals surface area contributed by atoms with Gasteiger partial charge in [-0.2, -0.15) is 35.3 Å². The molecule has 176 valence electrons. The van der Waals surface area contributed by atoms with Crippen molar-refractivity contribution in [2.45, 2.75) is 26.9 Å². The van der Waals surface area contributed by atoms with Crippen molar-refractivity contribution in [3.63, 3.8) is 0 Å². The Morgan fingerprint density at radius 3 is 2.31 bits per heavy atom. The Morgan fingerprint density at radius 2 is 1.75 bits per heavy atom. The van der Waals surface area contributed by atoms with Gasteiger partial charge in [-0.25, -0.2) is 4.68 Å². The maximum Gasteiger partial charge on any atom is 0.416 e. The molecule has 0 N–H and O–H groups in total. The van der Waals surface area contributed by atoms with Crippen LogP contribution in [0, 0.1) is 6.92 Å². The maximum atomic E-state index is 13.0. The molecule has 0 saturated carbocycles. The summed E-state index contributed by atoms with van der Waals surface area (Å²) in [6.07, 6.45) is -3.15. The van der Waals surface area contributed by atoms with Gasteiger partial charge >= 0.3 is 6.18 Å². The molecular weight excluding hydrogens is 447 g/mol. The molecule has 0 atom stereocenters. The van der Waals surface area contributed by atoms with Crippen LogP contribution >= 0.6 is 0 Å². The third-order valence-corrected chi connectivity index (χ3v) is 7.73. The minimum Gasteiger partial charge on any atom is -0.336 e. The van der Waals surface area contributed by atoms with Gasteiger partial charge in [-0.3, -0.25) is 4.79 Å². The van der Waals surface area contributed by atoms with Crippen molar-refractivity contribution in [1.82, 2.24) is 23.3 Å². The van der Waals surface area contributed by atoms with Gasteiger partial charge in [0.25, 0.3) is 16.1 Å². The highest BCUT2D eigenvalue weighted by Gasteiger charge is 2.33. The molecule has 1 aromatic carbocycles. The minimum atomic E-state index is -4.49. The van der Waals surface area contributed by atoms with Crippen LogP contribution in [0.2, 0.25) is 0 Å². The van der Waals surface area contributed by atoms with Gasteiger partial charge in [0, 0.05) is 39.3 Å². The molecule has 1 aromatic heterocycles. The zero-order chi connectivity index (χ0) is 23.7. The van der Waals surface area contributed by atoms with Crippen molar-refractivity contribution in [3.8, 4) is 5.69 Å². The highest BCUT2D eigenvalue weighted by atomic mass is 32.2. The number of rotatable bonds is 6. The predicted molar refractivity (Wildman–Crippen MR) is 113 cm³/mol. The number of benzene rings is 1. The lowest BCUT2D eigenvalue weighted by molar-refractivity contribution is -0.137. The van der Waals surface area contributed by atoms with Crippen LogP contribution in [0.25, 0.3) is 5.69 Å². The van der Waals surface area contributed by atoms with Crippen LogP contribution in [-0.2, 0) is 16.4 Å². The molecule has 0 unspecified atom stereocenters. The second kappa shape index (κ2) is 9.20. The zero-order valence-corrected chi connectivity index (χ0v) is 18.9. The number of carbonyl (C=O) groups is 1. The first-order valence-electron chi connectivity index (χ1n) is 10.3. The number of hydrogen-bond donors (Lipinski definition) is 0. The van der Waals surface area contributed by atoms with Gasteiger partial charge in [0.05, 0.1) is 28.7 Å². The molecule has 1 aliphatic rings. The van der Waals surface area contributed by atoms with Crippen LogP contribution in [0.5, 0.6) is 0 Å². The number of piperazine rings is 1. The van der Waals surface area contributed by atoms with E-state index in [1.165, 1.54) is 36.5 Å². The summed E-state index contributed by atoms with van der Waals surface area (Å²) in [7, 11) is -3.57. The van der Waals surface area contributed by atoms with E-state index in [1.54, 1.807) is 20.8 Å². The van der Waals surface area contributed by atoms with Crippen LogP contribution in [0.4, 0.5) is 13.2 Å². The lowest BCUT2D eigenvalue weighted by Gasteiger charge is -2.36. The quantitative estimate of drug-likeness (QED) is 0.646. The Bertz CT molecular complexity index is 1070. The Balaban J connectivity index is 1.75. The summed E-state index contributed by atoms with van der Waals surface area (Å²) in [5, 5.41) is 4.11. The van der Waals surface area contributed by atoms with E-state index < -0.39 is 21.9 Å². The smallest absolute Gasteiger partial charge is 0.336 e. The first-order chi connectivity index (χ1) is 15.0. The molecule has 8 nitrogen and oxygen atoms in total. The number of hydrogen-bond acceptors (Lipinski definition) is 4. The van der Waals surface area contributed by atoms with E-state index in [-0.39, 0.29) is 43.3 Å². The SMILES string of the molecule is CCN(CC)S(=O)(=O)N1CCN(C(=O)c2cnn(-c3cccc(C(F)(F)F)c3)c2C)CC1. The number of amides is 1. The topological polar surface area (TPSA) is 78.8 Å². The molecular formula is C20H26F3N5O3S. The van der Waals surface area contributed by atoms with Crippen molar-refractivity contribution >= 4 is 16.1 Å². The summed E-state index contributed by atoms with van der Waals surface area (Å²) in [5.41, 5.74) is 0.0739. The van der Waals surface area contributed by atoms with Gasteiger partial charge in [-0.1, -0.05) is 19.9 Å². The summed E-state index contributed by atoms with van der Waals surface area (Å²) < 4.78 is 68.4. The largest absolute Gasteiger partial charge is 0.416 e. The summed E-state index contributed by atoms with van der Waals surface area (Å²) >= 11 is 0. The first kappa shape index (κ1) is 24.2. The molecule has 0 aliphatic carbocycles. The molecule has 1 saturated heterocycles. The number of alkyl halides is 3. The van der Waals surface area contributed by atoms with Gasteiger partial charge in [0.2, 0.25) is 0 Å². The van der Waals surface area contributed by atoms with Gasteiger partial charge in [0.15, 0.2) is 0 Å². The molecule has 0 radical (unpaired) electrons. The monoisotopic (exact) mass is 473 g/mol. The second-order valence-corrected chi connectivity index (χ2v) is 9.32. The van der Waals surface area contributed by atoms with E-state index in [1.807, 2.05) is 0 Å². The van der Waals surface area contributed by atoms with Gasteiger partial charge in [-0.15, -0.1) is 0 Å². The third kappa shape index (κ3) is 4.66. The fraction of sp³-hybridized carbons (Fsp3) is 0.500. The van der Waals surface area contributed by atoms with Gasteiger partial charge in [0.1, 0.15) is 0 Å². The predicted octanol–water partition coefficient (Wildman–Crippen LogP) is 2.54. The average molecular weight is 474 g/mol. The molecule has 2 heterocycles. The van der Waals surface area contributed by atoms with E-state index in [0.29, 0.717) is 18.8 Å². The second-order valence-electron chi connectivity index (χ2n) is 7.39. The Hall–Kier alpha value is -2.44. The van der Waals surface area contributed by atoms with Crippen molar-refractivity contribution in [3.05, 3.63) is 47.3 Å². The molecule has 0 bridgehead atoms. The third-order valence-electron chi connectivity index (χ3n) is 5.54. The molecule has 32 heavy (non-hydrogen) atoms.